The van der Waals surface area contributed by atoms with Crippen LogP contribution in [-0.2, 0) is 4.74 Å². The number of hydrogen-bond acceptors (Lipinski definition) is 6. The van der Waals surface area contributed by atoms with Crippen LogP contribution in [0.2, 0.25) is 0 Å². The highest BCUT2D eigenvalue weighted by molar-refractivity contribution is 7.21. The lowest BCUT2D eigenvalue weighted by atomic mass is 9.95. The zero-order valence-electron chi connectivity index (χ0n) is 16.4. The summed E-state index contributed by atoms with van der Waals surface area (Å²) in [6.07, 6.45) is 0.850. The molecule has 2 amide bonds. The van der Waals surface area contributed by atoms with Crippen molar-refractivity contribution < 1.29 is 14.3 Å². The number of benzene rings is 1. The Morgan fingerprint density at radius 1 is 1.31 bits per heavy atom. The molecule has 3 aromatic rings. The minimum absolute atomic E-state index is 0.0399. The van der Waals surface area contributed by atoms with Gasteiger partial charge >= 0.3 is 0 Å². The average Bonchev–Trinajstić information content (AvgIpc) is 3.45. The van der Waals surface area contributed by atoms with Crippen LogP contribution in [0, 0.1) is 6.92 Å². The number of nitrogens with one attached hydrogen (secondary N) is 1. The number of amides is 2. The number of carbonyl (C=O) groups is 2. The van der Waals surface area contributed by atoms with Gasteiger partial charge in [-0.05, 0) is 30.4 Å². The maximum absolute atomic E-state index is 12.9. The summed E-state index contributed by atoms with van der Waals surface area (Å²) in [5.41, 5.74) is 3.56. The fourth-order valence-corrected chi connectivity index (χ4v) is 5.79. The molecule has 0 saturated carbocycles. The van der Waals surface area contributed by atoms with Crippen molar-refractivity contribution in [2.45, 2.75) is 19.3 Å². The van der Waals surface area contributed by atoms with Gasteiger partial charge in [0.1, 0.15) is 4.88 Å². The van der Waals surface area contributed by atoms with Crippen molar-refractivity contribution >= 4 is 44.6 Å². The van der Waals surface area contributed by atoms with E-state index < -0.39 is 0 Å². The minimum atomic E-state index is -0.0682. The molecule has 0 spiro atoms. The van der Waals surface area contributed by atoms with E-state index in [9.17, 15) is 9.59 Å². The smallest absolute Gasteiger partial charge is 0.265 e. The molecule has 2 aromatic heterocycles. The molecule has 0 bridgehead atoms. The molecule has 1 atom stereocenters. The van der Waals surface area contributed by atoms with Crippen molar-refractivity contribution in [2.75, 3.05) is 33.4 Å². The molecule has 0 radical (unpaired) electrons. The van der Waals surface area contributed by atoms with Gasteiger partial charge in [0.05, 0.1) is 22.7 Å². The molecule has 1 saturated heterocycles. The normalized spacial score (nSPS) is 16.5. The number of methoxy groups -OCH3 is 1. The van der Waals surface area contributed by atoms with E-state index in [2.05, 4.69) is 16.4 Å². The van der Waals surface area contributed by atoms with Gasteiger partial charge in [0, 0.05) is 37.4 Å². The van der Waals surface area contributed by atoms with Gasteiger partial charge in [-0.3, -0.25) is 9.59 Å². The summed E-state index contributed by atoms with van der Waals surface area (Å²) in [4.78, 5) is 33.3. The Hall–Kier alpha value is -2.29. The van der Waals surface area contributed by atoms with E-state index in [0.29, 0.717) is 31.1 Å². The van der Waals surface area contributed by atoms with Crippen LogP contribution < -0.4 is 5.32 Å². The van der Waals surface area contributed by atoms with Gasteiger partial charge in [0.25, 0.3) is 11.8 Å². The summed E-state index contributed by atoms with van der Waals surface area (Å²) in [7, 11) is 1.62. The van der Waals surface area contributed by atoms with Crippen LogP contribution in [0.1, 0.15) is 42.9 Å². The maximum Gasteiger partial charge on any atom is 0.265 e. The number of thiophene rings is 1. The number of nitrogens with zero attached hydrogens (tertiary/aromatic N) is 2. The van der Waals surface area contributed by atoms with Gasteiger partial charge in [-0.15, -0.1) is 22.7 Å². The quantitative estimate of drug-likeness (QED) is 0.607. The summed E-state index contributed by atoms with van der Waals surface area (Å²) in [6, 6.07) is 8.12. The van der Waals surface area contributed by atoms with Crippen LogP contribution in [0.5, 0.6) is 0 Å². The molecule has 6 nitrogen and oxygen atoms in total. The first-order valence-electron chi connectivity index (χ1n) is 9.58. The topological polar surface area (TPSA) is 71.5 Å². The zero-order valence-corrected chi connectivity index (χ0v) is 18.1. The van der Waals surface area contributed by atoms with E-state index in [1.807, 2.05) is 30.0 Å². The number of carbonyl (C=O) groups excluding carboxylic acids is 2. The van der Waals surface area contributed by atoms with E-state index in [-0.39, 0.29) is 17.7 Å². The van der Waals surface area contributed by atoms with Crippen LogP contribution in [0.3, 0.4) is 0 Å². The molecule has 1 fully saturated rings. The molecule has 3 heterocycles. The third kappa shape index (κ3) is 3.92. The van der Waals surface area contributed by atoms with Crippen LogP contribution in [-0.4, -0.2) is 55.0 Å². The van der Waals surface area contributed by atoms with E-state index in [4.69, 9.17) is 4.74 Å². The first kappa shape index (κ1) is 20.0. The molecule has 1 aromatic carbocycles. The number of likely N-dealkylation sites (tertiary alicyclic amines) is 1. The Morgan fingerprint density at radius 2 is 2.14 bits per heavy atom. The first-order chi connectivity index (χ1) is 14.1. The molecule has 0 unspecified atom stereocenters. The summed E-state index contributed by atoms with van der Waals surface area (Å²) in [5.74, 6) is 0.117. The van der Waals surface area contributed by atoms with E-state index >= 15 is 0 Å². The maximum atomic E-state index is 12.9. The molecule has 1 N–H and O–H groups in total. The monoisotopic (exact) mass is 429 g/mol. The number of fused-ring (bicyclic) bond motifs is 1. The first-order valence-corrected chi connectivity index (χ1v) is 11.3. The molecule has 1 aliphatic heterocycles. The molecular weight excluding hydrogens is 406 g/mol. The molecule has 29 heavy (non-hydrogen) atoms. The summed E-state index contributed by atoms with van der Waals surface area (Å²) < 4.78 is 6.14. The van der Waals surface area contributed by atoms with Gasteiger partial charge in [0.2, 0.25) is 0 Å². The number of aromatic nitrogens is 1. The number of ether oxygens (including phenoxy) is 1. The second-order valence-corrected chi connectivity index (χ2v) is 9.00. The van der Waals surface area contributed by atoms with Crippen LogP contribution in [0.15, 0.2) is 29.8 Å². The van der Waals surface area contributed by atoms with Crippen LogP contribution in [0.4, 0.5) is 0 Å². The highest BCUT2D eigenvalue weighted by Gasteiger charge is 2.33. The van der Waals surface area contributed by atoms with Crippen molar-refractivity contribution in [3.8, 4) is 0 Å². The lowest BCUT2D eigenvalue weighted by Crippen LogP contribution is -2.29. The van der Waals surface area contributed by atoms with Gasteiger partial charge in [-0.25, -0.2) is 4.98 Å². The Morgan fingerprint density at radius 3 is 2.90 bits per heavy atom. The van der Waals surface area contributed by atoms with Crippen LogP contribution in [0.25, 0.3) is 10.1 Å². The van der Waals surface area contributed by atoms with Gasteiger partial charge in [-0.1, -0.05) is 18.2 Å². The molecule has 8 heteroatoms. The molecule has 1 aliphatic rings. The van der Waals surface area contributed by atoms with Crippen molar-refractivity contribution in [1.29, 1.82) is 0 Å². The lowest BCUT2D eigenvalue weighted by molar-refractivity contribution is 0.0794. The van der Waals surface area contributed by atoms with Gasteiger partial charge in [-0.2, -0.15) is 0 Å². The van der Waals surface area contributed by atoms with E-state index in [1.54, 1.807) is 12.6 Å². The van der Waals surface area contributed by atoms with Gasteiger partial charge < -0.3 is 15.0 Å². The molecule has 152 valence electrons. The van der Waals surface area contributed by atoms with Crippen molar-refractivity contribution in [3.63, 3.8) is 0 Å². The minimum Gasteiger partial charge on any atom is -0.383 e. The number of aryl methyl sites for hydroxylation is 1. The SMILES string of the molecule is COCCNC(=O)c1sc2ccccc2c1[C@H]1CCN(C(=O)c2scnc2C)C1. The number of thiazole rings is 1. The predicted molar refractivity (Wildman–Crippen MR) is 116 cm³/mol. The van der Waals surface area contributed by atoms with E-state index in [0.717, 1.165) is 32.6 Å². The molecular formula is C21H23N3O3S2. The fraction of sp³-hybridized carbons (Fsp3) is 0.381. The van der Waals surface area contributed by atoms with E-state index in [1.165, 1.54) is 22.7 Å². The highest BCUT2D eigenvalue weighted by atomic mass is 32.1. The number of hydrogen-bond donors (Lipinski definition) is 1. The Balaban J connectivity index is 1.61. The second kappa shape index (κ2) is 8.61. The highest BCUT2D eigenvalue weighted by Crippen LogP contribution is 2.40. The summed E-state index contributed by atoms with van der Waals surface area (Å²) in [6.45, 7) is 4.13. The molecule has 4 rings (SSSR count). The van der Waals surface area contributed by atoms with Crippen molar-refractivity contribution in [1.82, 2.24) is 15.2 Å². The molecule has 0 aliphatic carbocycles. The lowest BCUT2D eigenvalue weighted by Gasteiger charge is -2.17. The predicted octanol–water partition coefficient (Wildman–Crippen LogP) is 3.67. The Kier molecular flexibility index (Phi) is 5.94. The Labute approximate surface area is 177 Å². The fourth-order valence-electron chi connectivity index (χ4n) is 3.82. The summed E-state index contributed by atoms with van der Waals surface area (Å²) in [5, 5.41) is 4.06. The standard InChI is InChI=1S/C21H23N3O3S2/c1-13-18(28-12-23-13)21(26)24-9-7-14(11-24)17-15-5-3-4-6-16(15)29-19(17)20(25)22-8-10-27-2/h3-6,12,14H,7-11H2,1-2H3,(H,22,25)/t14-/m0/s1. The summed E-state index contributed by atoms with van der Waals surface area (Å²) >= 11 is 2.91. The largest absolute Gasteiger partial charge is 0.383 e. The second-order valence-electron chi connectivity index (χ2n) is 7.09. The number of rotatable bonds is 6. The van der Waals surface area contributed by atoms with Crippen molar-refractivity contribution in [2.24, 2.45) is 0 Å². The Bertz CT molecular complexity index is 1040. The zero-order chi connectivity index (χ0) is 20.4. The third-order valence-electron chi connectivity index (χ3n) is 5.26. The van der Waals surface area contributed by atoms with Crippen molar-refractivity contribution in [3.05, 3.63) is 50.8 Å². The average molecular weight is 430 g/mol. The van der Waals surface area contributed by atoms with Crippen LogP contribution >= 0.6 is 22.7 Å². The third-order valence-corrected chi connectivity index (χ3v) is 7.36. The van der Waals surface area contributed by atoms with Gasteiger partial charge in [0.15, 0.2) is 0 Å².